The molecule has 0 atom stereocenters. The standard InChI is InChI=1S/C24H25F3N6O3S/c1-14-8-9-17(33(3)37(4,35)36)10-16(14)13-32(2)22-18(24(25,26)27)12-28-23(31-22)29-19-7-5-6-15-11-20(34)30-21(15)19/h5-10,12H,11,13H2,1-4H3,(H,30,34)(H,28,29,31). The molecule has 1 aliphatic heterocycles. The van der Waals surface area contributed by atoms with E-state index in [1.807, 2.05) is 0 Å². The number of para-hydroxylation sites is 1. The molecule has 196 valence electrons. The van der Waals surface area contributed by atoms with Gasteiger partial charge in [-0.05, 0) is 41.8 Å². The van der Waals surface area contributed by atoms with Crippen LogP contribution < -0.4 is 19.8 Å². The van der Waals surface area contributed by atoms with Gasteiger partial charge in [0.15, 0.2) is 0 Å². The van der Waals surface area contributed by atoms with Gasteiger partial charge in [-0.1, -0.05) is 18.2 Å². The average Bonchev–Trinajstić information content (AvgIpc) is 3.20. The third kappa shape index (κ3) is 5.61. The summed E-state index contributed by atoms with van der Waals surface area (Å²) < 4.78 is 66.6. The van der Waals surface area contributed by atoms with Crippen molar-refractivity contribution in [2.24, 2.45) is 0 Å². The van der Waals surface area contributed by atoms with Gasteiger partial charge in [-0.15, -0.1) is 0 Å². The number of rotatable bonds is 7. The number of anilines is 5. The minimum atomic E-state index is -4.71. The lowest BCUT2D eigenvalue weighted by molar-refractivity contribution is -0.137. The summed E-state index contributed by atoms with van der Waals surface area (Å²) in [6.45, 7) is 1.81. The SMILES string of the molecule is Cc1ccc(N(C)S(C)(=O)=O)cc1CN(C)c1nc(Nc2cccc3c2NC(=O)C3)ncc1C(F)(F)F. The Morgan fingerprint density at radius 2 is 1.89 bits per heavy atom. The number of carbonyl (C=O) groups is 1. The average molecular weight is 535 g/mol. The van der Waals surface area contributed by atoms with E-state index in [1.54, 1.807) is 43.3 Å². The van der Waals surface area contributed by atoms with Gasteiger partial charge in [0.05, 0.1) is 29.7 Å². The van der Waals surface area contributed by atoms with Crippen molar-refractivity contribution < 1.29 is 26.4 Å². The molecule has 0 unspecified atom stereocenters. The molecule has 0 fully saturated rings. The van der Waals surface area contributed by atoms with Crippen molar-refractivity contribution in [3.05, 3.63) is 64.8 Å². The van der Waals surface area contributed by atoms with E-state index in [-0.39, 0.29) is 30.6 Å². The number of nitrogens with zero attached hydrogens (tertiary/aromatic N) is 4. The zero-order chi connectivity index (χ0) is 27.1. The van der Waals surface area contributed by atoms with E-state index in [4.69, 9.17) is 0 Å². The molecule has 0 saturated heterocycles. The fourth-order valence-corrected chi connectivity index (χ4v) is 4.44. The molecular formula is C24H25F3N6O3S. The molecule has 0 radical (unpaired) electrons. The van der Waals surface area contributed by atoms with Crippen LogP contribution in [0, 0.1) is 6.92 Å². The Balaban J connectivity index is 1.68. The molecule has 13 heteroatoms. The first-order valence-corrected chi connectivity index (χ1v) is 13.0. The Kier molecular flexibility index (Phi) is 6.76. The highest BCUT2D eigenvalue weighted by Gasteiger charge is 2.36. The number of hydrogen-bond acceptors (Lipinski definition) is 7. The molecular weight excluding hydrogens is 509 g/mol. The zero-order valence-electron chi connectivity index (χ0n) is 20.5. The maximum atomic E-state index is 13.9. The maximum Gasteiger partial charge on any atom is 0.421 e. The number of benzene rings is 2. The number of fused-ring (bicyclic) bond motifs is 1. The number of hydrogen-bond donors (Lipinski definition) is 2. The van der Waals surface area contributed by atoms with Crippen LogP contribution in [0.25, 0.3) is 0 Å². The van der Waals surface area contributed by atoms with Crippen LogP contribution in [0.4, 0.5) is 42.0 Å². The third-order valence-electron chi connectivity index (χ3n) is 6.05. The van der Waals surface area contributed by atoms with Crippen LogP contribution in [0.5, 0.6) is 0 Å². The van der Waals surface area contributed by atoms with Crippen LogP contribution in [0.1, 0.15) is 22.3 Å². The van der Waals surface area contributed by atoms with Crippen LogP contribution in [0.2, 0.25) is 0 Å². The van der Waals surface area contributed by atoms with Crippen LogP contribution in [0.3, 0.4) is 0 Å². The lowest BCUT2D eigenvalue weighted by Crippen LogP contribution is -2.26. The topological polar surface area (TPSA) is 108 Å². The van der Waals surface area contributed by atoms with Crippen molar-refractivity contribution in [1.82, 2.24) is 9.97 Å². The van der Waals surface area contributed by atoms with E-state index in [9.17, 15) is 26.4 Å². The second kappa shape index (κ2) is 9.54. The molecule has 1 amide bonds. The number of aromatic nitrogens is 2. The van der Waals surface area contributed by atoms with Gasteiger partial charge in [-0.2, -0.15) is 18.2 Å². The Morgan fingerprint density at radius 1 is 1.16 bits per heavy atom. The first kappa shape index (κ1) is 26.2. The summed E-state index contributed by atoms with van der Waals surface area (Å²) in [7, 11) is -0.650. The Labute approximate surface area is 212 Å². The zero-order valence-corrected chi connectivity index (χ0v) is 21.3. The smallest absolute Gasteiger partial charge is 0.355 e. The van der Waals surface area contributed by atoms with Gasteiger partial charge in [0, 0.05) is 26.8 Å². The molecule has 2 heterocycles. The van der Waals surface area contributed by atoms with E-state index in [1.165, 1.54) is 19.0 Å². The van der Waals surface area contributed by atoms with Gasteiger partial charge in [-0.3, -0.25) is 9.10 Å². The number of halogens is 3. The Bertz CT molecular complexity index is 1480. The molecule has 0 aliphatic carbocycles. The highest BCUT2D eigenvalue weighted by atomic mass is 32.2. The summed E-state index contributed by atoms with van der Waals surface area (Å²) in [6, 6.07) is 10.1. The summed E-state index contributed by atoms with van der Waals surface area (Å²) in [4.78, 5) is 21.1. The molecule has 4 rings (SSSR count). The highest BCUT2D eigenvalue weighted by molar-refractivity contribution is 7.92. The van der Waals surface area contributed by atoms with Crippen molar-refractivity contribution in [2.45, 2.75) is 26.1 Å². The first-order chi connectivity index (χ1) is 17.2. The van der Waals surface area contributed by atoms with Crippen molar-refractivity contribution in [3.63, 3.8) is 0 Å². The number of carbonyl (C=O) groups excluding carboxylic acids is 1. The van der Waals surface area contributed by atoms with Gasteiger partial charge in [0.1, 0.15) is 11.4 Å². The second-order valence-corrected chi connectivity index (χ2v) is 10.8. The Hall–Kier alpha value is -3.87. The highest BCUT2D eigenvalue weighted by Crippen LogP contribution is 2.37. The Morgan fingerprint density at radius 3 is 2.57 bits per heavy atom. The van der Waals surface area contributed by atoms with Crippen molar-refractivity contribution in [2.75, 3.05) is 40.2 Å². The van der Waals surface area contributed by atoms with Gasteiger partial charge in [-0.25, -0.2) is 13.4 Å². The maximum absolute atomic E-state index is 13.9. The van der Waals surface area contributed by atoms with E-state index in [2.05, 4.69) is 20.6 Å². The van der Waals surface area contributed by atoms with Gasteiger partial charge < -0.3 is 15.5 Å². The molecule has 2 N–H and O–H groups in total. The largest absolute Gasteiger partial charge is 0.421 e. The number of alkyl halides is 3. The van der Waals surface area contributed by atoms with Crippen molar-refractivity contribution >= 4 is 44.8 Å². The molecule has 9 nitrogen and oxygen atoms in total. The van der Waals surface area contributed by atoms with Gasteiger partial charge in [0.2, 0.25) is 21.9 Å². The van der Waals surface area contributed by atoms with Crippen LogP contribution >= 0.6 is 0 Å². The van der Waals surface area contributed by atoms with Gasteiger partial charge in [0.25, 0.3) is 0 Å². The third-order valence-corrected chi connectivity index (χ3v) is 7.26. The molecule has 1 aliphatic rings. The van der Waals surface area contributed by atoms with E-state index in [0.29, 0.717) is 28.8 Å². The van der Waals surface area contributed by atoms with E-state index in [0.717, 1.165) is 21.7 Å². The predicted octanol–water partition coefficient (Wildman–Crippen LogP) is 4.07. The normalized spacial score (nSPS) is 13.2. The van der Waals surface area contributed by atoms with Crippen molar-refractivity contribution in [1.29, 1.82) is 0 Å². The number of nitrogens with one attached hydrogen (secondary N) is 2. The molecule has 0 spiro atoms. The molecule has 3 aromatic rings. The summed E-state index contributed by atoms with van der Waals surface area (Å²) >= 11 is 0. The predicted molar refractivity (Wildman–Crippen MR) is 136 cm³/mol. The van der Waals surface area contributed by atoms with Crippen molar-refractivity contribution in [3.8, 4) is 0 Å². The number of sulfonamides is 1. The minimum absolute atomic E-state index is 0.0214. The quantitative estimate of drug-likeness (QED) is 0.471. The summed E-state index contributed by atoms with van der Waals surface area (Å²) in [5.74, 6) is -0.619. The van der Waals surface area contributed by atoms with Crippen LogP contribution in [-0.2, 0) is 34.0 Å². The van der Waals surface area contributed by atoms with Gasteiger partial charge >= 0.3 is 6.18 Å². The fourth-order valence-electron chi connectivity index (χ4n) is 3.95. The molecule has 0 bridgehead atoms. The molecule has 2 aromatic carbocycles. The minimum Gasteiger partial charge on any atom is -0.355 e. The number of amides is 1. The van der Waals surface area contributed by atoms with Crippen LogP contribution in [-0.4, -0.2) is 44.6 Å². The summed E-state index contributed by atoms with van der Waals surface area (Å²) in [5.41, 5.74) is 2.52. The monoisotopic (exact) mass is 534 g/mol. The fraction of sp³-hybridized carbons (Fsp3) is 0.292. The molecule has 1 aromatic heterocycles. The van der Waals surface area contributed by atoms with Crippen LogP contribution in [0.15, 0.2) is 42.6 Å². The lowest BCUT2D eigenvalue weighted by Gasteiger charge is -2.25. The first-order valence-electron chi connectivity index (χ1n) is 11.1. The summed E-state index contributed by atoms with van der Waals surface area (Å²) in [5, 5.41) is 5.64. The molecule has 37 heavy (non-hydrogen) atoms. The second-order valence-electron chi connectivity index (χ2n) is 8.82. The lowest BCUT2D eigenvalue weighted by atomic mass is 10.1. The summed E-state index contributed by atoms with van der Waals surface area (Å²) in [6.07, 6.45) is -2.72. The number of aryl methyl sites for hydroxylation is 1. The van der Waals surface area contributed by atoms with E-state index >= 15 is 0 Å². The van der Waals surface area contributed by atoms with E-state index < -0.39 is 21.8 Å². The molecule has 0 saturated carbocycles.